The lowest BCUT2D eigenvalue weighted by atomic mass is 10.1. The third kappa shape index (κ3) is 1.52. The highest BCUT2D eigenvalue weighted by atomic mass is 32.1. The van der Waals surface area contributed by atoms with E-state index in [9.17, 15) is 0 Å². The van der Waals surface area contributed by atoms with Crippen molar-refractivity contribution >= 4 is 11.3 Å². The summed E-state index contributed by atoms with van der Waals surface area (Å²) in [5.74, 6) is 0. The van der Waals surface area contributed by atoms with Gasteiger partial charge in [0.25, 0.3) is 0 Å². The Kier molecular flexibility index (Phi) is 2.19. The molecule has 0 amide bonds. The molecule has 2 aromatic rings. The van der Waals surface area contributed by atoms with Crippen molar-refractivity contribution in [2.24, 2.45) is 0 Å². The summed E-state index contributed by atoms with van der Waals surface area (Å²) in [6, 6.07) is 11.4. The molecule has 0 spiro atoms. The van der Waals surface area contributed by atoms with Gasteiger partial charge in [0.1, 0.15) is 0 Å². The van der Waals surface area contributed by atoms with Crippen LogP contribution in [0.5, 0.6) is 0 Å². The van der Waals surface area contributed by atoms with E-state index in [-0.39, 0.29) is 0 Å². The van der Waals surface area contributed by atoms with Crippen LogP contribution >= 0.6 is 11.3 Å². The Bertz CT molecular complexity index is 398. The monoisotopic (exact) mass is 187 g/mol. The van der Waals surface area contributed by atoms with Crippen LogP contribution in [0, 0.1) is 19.9 Å². The van der Waals surface area contributed by atoms with Crippen molar-refractivity contribution in [2.45, 2.75) is 13.8 Å². The predicted octanol–water partition coefficient (Wildman–Crippen LogP) is 3.83. The molecule has 0 bridgehead atoms. The number of benzene rings is 1. The Balaban J connectivity index is 2.53. The second-order valence-electron chi connectivity index (χ2n) is 3.15. The molecule has 2 rings (SSSR count). The van der Waals surface area contributed by atoms with E-state index < -0.39 is 0 Å². The van der Waals surface area contributed by atoms with Crippen LogP contribution in [0.3, 0.4) is 0 Å². The Hall–Kier alpha value is -1.08. The highest BCUT2D eigenvalue weighted by Crippen LogP contribution is 2.30. The maximum absolute atomic E-state index is 3.25. The second-order valence-corrected chi connectivity index (χ2v) is 4.03. The number of hydrogen-bond acceptors (Lipinski definition) is 1. The minimum absolute atomic E-state index is 1.21. The van der Waals surface area contributed by atoms with Crippen LogP contribution in [0.15, 0.2) is 29.6 Å². The first-order valence-electron chi connectivity index (χ1n) is 4.31. The van der Waals surface area contributed by atoms with E-state index in [1.54, 1.807) is 11.3 Å². The standard InChI is InChI=1S/C12H11S/c1-9-8-13-12(10(9)2)11-6-4-3-5-7-11/h3-6,8H,1-2H3. The van der Waals surface area contributed by atoms with Gasteiger partial charge in [-0.3, -0.25) is 0 Å². The first kappa shape index (κ1) is 8.52. The molecule has 65 valence electrons. The van der Waals surface area contributed by atoms with Gasteiger partial charge >= 0.3 is 0 Å². The molecule has 1 heteroatoms. The van der Waals surface area contributed by atoms with Crippen molar-refractivity contribution in [1.29, 1.82) is 0 Å². The molecule has 13 heavy (non-hydrogen) atoms. The largest absolute Gasteiger partial charge is 0.143 e. The minimum Gasteiger partial charge on any atom is -0.143 e. The van der Waals surface area contributed by atoms with Gasteiger partial charge in [-0.1, -0.05) is 24.3 Å². The van der Waals surface area contributed by atoms with Crippen molar-refractivity contribution in [3.8, 4) is 10.4 Å². The lowest BCUT2D eigenvalue weighted by Gasteiger charge is -1.98. The zero-order valence-electron chi connectivity index (χ0n) is 7.79. The van der Waals surface area contributed by atoms with Gasteiger partial charge in [-0.25, -0.2) is 0 Å². The van der Waals surface area contributed by atoms with Gasteiger partial charge in [-0.05, 0) is 42.0 Å². The predicted molar refractivity (Wildman–Crippen MR) is 58.1 cm³/mol. The number of rotatable bonds is 1. The van der Waals surface area contributed by atoms with Gasteiger partial charge < -0.3 is 0 Å². The lowest BCUT2D eigenvalue weighted by Crippen LogP contribution is -1.76. The molecule has 1 radical (unpaired) electrons. The van der Waals surface area contributed by atoms with E-state index in [4.69, 9.17) is 0 Å². The van der Waals surface area contributed by atoms with Crippen molar-refractivity contribution in [3.05, 3.63) is 46.8 Å². The molecule has 0 fully saturated rings. The molecule has 0 N–H and O–H groups in total. The average Bonchev–Trinajstić information content (AvgIpc) is 2.49. The summed E-state index contributed by atoms with van der Waals surface area (Å²) in [6.07, 6.45) is 0. The molecule has 0 saturated carbocycles. The van der Waals surface area contributed by atoms with Gasteiger partial charge in [0, 0.05) is 4.88 Å². The zero-order valence-corrected chi connectivity index (χ0v) is 8.61. The first-order valence-corrected chi connectivity index (χ1v) is 5.19. The van der Waals surface area contributed by atoms with Crippen molar-refractivity contribution < 1.29 is 0 Å². The van der Waals surface area contributed by atoms with E-state index in [1.807, 2.05) is 12.1 Å². The molecule has 0 atom stereocenters. The summed E-state index contributed by atoms with van der Waals surface area (Å²) in [6.45, 7) is 4.32. The van der Waals surface area contributed by atoms with E-state index in [1.165, 1.54) is 21.6 Å². The fraction of sp³-hybridized carbons (Fsp3) is 0.167. The Morgan fingerprint density at radius 2 is 2.08 bits per heavy atom. The molecular weight excluding hydrogens is 176 g/mol. The molecule has 1 aromatic heterocycles. The van der Waals surface area contributed by atoms with Crippen molar-refractivity contribution in [2.75, 3.05) is 0 Å². The van der Waals surface area contributed by atoms with Gasteiger partial charge in [0.2, 0.25) is 0 Å². The summed E-state index contributed by atoms with van der Waals surface area (Å²) >= 11 is 1.80. The Labute approximate surface area is 82.9 Å². The summed E-state index contributed by atoms with van der Waals surface area (Å²) < 4.78 is 0. The SMILES string of the molecule is Cc1csc(-c2[c]cccc2)c1C. The quantitative estimate of drug-likeness (QED) is 0.636. The molecule has 0 nitrogen and oxygen atoms in total. The topological polar surface area (TPSA) is 0 Å². The normalized spacial score (nSPS) is 10.3. The fourth-order valence-corrected chi connectivity index (χ4v) is 2.37. The number of aryl methyl sites for hydroxylation is 1. The zero-order chi connectivity index (χ0) is 9.26. The van der Waals surface area contributed by atoms with Crippen molar-refractivity contribution in [1.82, 2.24) is 0 Å². The maximum Gasteiger partial charge on any atom is 0.0380 e. The van der Waals surface area contributed by atoms with Crippen LogP contribution in [-0.2, 0) is 0 Å². The van der Waals surface area contributed by atoms with Crippen LogP contribution in [0.25, 0.3) is 10.4 Å². The summed E-state index contributed by atoms with van der Waals surface area (Å²) in [5, 5.41) is 2.20. The van der Waals surface area contributed by atoms with Crippen LogP contribution in [0.2, 0.25) is 0 Å². The van der Waals surface area contributed by atoms with Crippen LogP contribution < -0.4 is 0 Å². The van der Waals surface area contributed by atoms with E-state index in [0.29, 0.717) is 0 Å². The van der Waals surface area contributed by atoms with Gasteiger partial charge in [-0.15, -0.1) is 11.3 Å². The van der Waals surface area contributed by atoms with Crippen LogP contribution in [0.1, 0.15) is 11.1 Å². The second kappa shape index (κ2) is 3.35. The molecule has 0 aliphatic carbocycles. The molecule has 0 aliphatic rings. The lowest BCUT2D eigenvalue weighted by molar-refractivity contribution is 1.40. The molecule has 1 aromatic carbocycles. The average molecular weight is 187 g/mol. The number of hydrogen-bond donors (Lipinski definition) is 0. The van der Waals surface area contributed by atoms with E-state index >= 15 is 0 Å². The smallest absolute Gasteiger partial charge is 0.0380 e. The molecule has 0 unspecified atom stereocenters. The summed E-state index contributed by atoms with van der Waals surface area (Å²) in [5.41, 5.74) is 3.96. The van der Waals surface area contributed by atoms with E-state index in [0.717, 1.165) is 0 Å². The molecule has 1 heterocycles. The van der Waals surface area contributed by atoms with Crippen LogP contribution in [-0.4, -0.2) is 0 Å². The summed E-state index contributed by atoms with van der Waals surface area (Å²) in [7, 11) is 0. The highest BCUT2D eigenvalue weighted by Gasteiger charge is 2.05. The van der Waals surface area contributed by atoms with E-state index in [2.05, 4.69) is 37.4 Å². The molecule has 0 saturated heterocycles. The molecule has 0 aliphatic heterocycles. The first-order chi connectivity index (χ1) is 6.29. The van der Waals surface area contributed by atoms with Gasteiger partial charge in [-0.2, -0.15) is 0 Å². The number of thiophene rings is 1. The van der Waals surface area contributed by atoms with Crippen molar-refractivity contribution in [3.63, 3.8) is 0 Å². The van der Waals surface area contributed by atoms with Crippen LogP contribution in [0.4, 0.5) is 0 Å². The Morgan fingerprint density at radius 1 is 1.23 bits per heavy atom. The highest BCUT2D eigenvalue weighted by molar-refractivity contribution is 7.13. The van der Waals surface area contributed by atoms with Gasteiger partial charge in [0.15, 0.2) is 0 Å². The maximum atomic E-state index is 3.25. The fourth-order valence-electron chi connectivity index (χ4n) is 1.30. The summed E-state index contributed by atoms with van der Waals surface area (Å²) in [4.78, 5) is 1.35. The third-order valence-corrected chi connectivity index (χ3v) is 3.47. The molecular formula is C12H11S. The van der Waals surface area contributed by atoms with Gasteiger partial charge in [0.05, 0.1) is 0 Å². The third-order valence-electron chi connectivity index (χ3n) is 2.24. The minimum atomic E-state index is 1.21. The Morgan fingerprint density at radius 3 is 2.62 bits per heavy atom.